The van der Waals surface area contributed by atoms with Gasteiger partial charge in [0.2, 0.25) is 0 Å². The van der Waals surface area contributed by atoms with Crippen LogP contribution >= 0.6 is 11.8 Å². The van der Waals surface area contributed by atoms with Crippen LogP contribution in [0.2, 0.25) is 0 Å². The summed E-state index contributed by atoms with van der Waals surface area (Å²) in [5.41, 5.74) is 2.20. The van der Waals surface area contributed by atoms with Crippen molar-refractivity contribution in [2.45, 2.75) is 16.2 Å². The summed E-state index contributed by atoms with van der Waals surface area (Å²) in [6, 6.07) is 12.9. The highest BCUT2D eigenvalue weighted by Gasteiger charge is 2.21. The Balaban J connectivity index is 2.09. The minimum absolute atomic E-state index is 0.109. The third-order valence-electron chi connectivity index (χ3n) is 3.25. The van der Waals surface area contributed by atoms with Gasteiger partial charge in [-0.25, -0.2) is 4.79 Å². The lowest BCUT2D eigenvalue weighted by molar-refractivity contribution is 0.0600. The Morgan fingerprint density at radius 2 is 1.95 bits per heavy atom. The molecule has 1 aliphatic rings. The Hall–Kier alpha value is -2.07. The maximum atomic E-state index is 12.2. The van der Waals surface area contributed by atoms with E-state index in [2.05, 4.69) is 0 Å². The molecule has 4 heteroatoms. The van der Waals surface area contributed by atoms with Crippen LogP contribution in [0.25, 0.3) is 0 Å². The number of hydrogen-bond acceptors (Lipinski definition) is 4. The average molecular weight is 284 g/mol. The Bertz CT molecular complexity index is 707. The molecule has 3 nitrogen and oxygen atoms in total. The van der Waals surface area contributed by atoms with Gasteiger partial charge in [-0.1, -0.05) is 36.0 Å². The van der Waals surface area contributed by atoms with E-state index >= 15 is 0 Å². The molecule has 2 aromatic carbocycles. The van der Waals surface area contributed by atoms with Gasteiger partial charge in [0.05, 0.1) is 12.7 Å². The van der Waals surface area contributed by atoms with E-state index < -0.39 is 0 Å². The molecule has 0 N–H and O–H groups in total. The molecule has 20 heavy (non-hydrogen) atoms. The topological polar surface area (TPSA) is 43.4 Å². The lowest BCUT2D eigenvalue weighted by Gasteiger charge is -2.07. The zero-order valence-corrected chi connectivity index (χ0v) is 11.7. The first-order chi connectivity index (χ1) is 9.69. The second kappa shape index (κ2) is 5.13. The Kier molecular flexibility index (Phi) is 3.32. The van der Waals surface area contributed by atoms with E-state index in [1.165, 1.54) is 18.9 Å². The van der Waals surface area contributed by atoms with E-state index in [1.54, 1.807) is 12.1 Å². The predicted octanol–water partition coefficient (Wildman–Crippen LogP) is 3.36. The Morgan fingerprint density at radius 1 is 1.15 bits per heavy atom. The summed E-state index contributed by atoms with van der Waals surface area (Å²) in [7, 11) is 1.36. The number of methoxy groups -OCH3 is 1. The third kappa shape index (κ3) is 2.23. The van der Waals surface area contributed by atoms with Gasteiger partial charge in [-0.2, -0.15) is 0 Å². The fourth-order valence-corrected chi connectivity index (χ4v) is 3.35. The minimum atomic E-state index is -0.364. The zero-order chi connectivity index (χ0) is 14.1. The number of fused-ring (bicyclic) bond motifs is 2. The summed E-state index contributed by atoms with van der Waals surface area (Å²) in [6.45, 7) is 0. The van der Waals surface area contributed by atoms with Gasteiger partial charge in [0.25, 0.3) is 0 Å². The highest BCUT2D eigenvalue weighted by molar-refractivity contribution is 7.99. The number of rotatable bonds is 1. The molecule has 0 saturated carbocycles. The Morgan fingerprint density at radius 3 is 2.75 bits per heavy atom. The highest BCUT2D eigenvalue weighted by Crippen LogP contribution is 2.37. The molecule has 0 bridgehead atoms. The largest absolute Gasteiger partial charge is 0.465 e. The van der Waals surface area contributed by atoms with Crippen LogP contribution in [0, 0.1) is 0 Å². The van der Waals surface area contributed by atoms with Crippen molar-refractivity contribution >= 4 is 23.5 Å². The van der Waals surface area contributed by atoms with Crippen LogP contribution in [0.4, 0.5) is 0 Å². The van der Waals surface area contributed by atoms with Crippen LogP contribution in [0.5, 0.6) is 0 Å². The molecule has 0 spiro atoms. The monoisotopic (exact) mass is 284 g/mol. The van der Waals surface area contributed by atoms with E-state index in [0.29, 0.717) is 12.0 Å². The summed E-state index contributed by atoms with van der Waals surface area (Å²) in [6.07, 6.45) is 0.362. The fraction of sp³-hybridized carbons (Fsp3) is 0.125. The van der Waals surface area contributed by atoms with Gasteiger partial charge in [0, 0.05) is 21.8 Å². The maximum Gasteiger partial charge on any atom is 0.337 e. The standard InChI is InChI=1S/C16H12O3S/c1-19-16(18)11-7-6-10-8-13(17)12-4-2-3-5-14(12)20-15(10)9-11/h2-7,9H,8H2,1H3. The lowest BCUT2D eigenvalue weighted by atomic mass is 10.0. The quantitative estimate of drug-likeness (QED) is 0.753. The molecule has 1 aliphatic heterocycles. The number of carbonyl (C=O) groups excluding carboxylic acids is 2. The van der Waals surface area contributed by atoms with Crippen LogP contribution < -0.4 is 0 Å². The van der Waals surface area contributed by atoms with Crippen molar-refractivity contribution in [3.8, 4) is 0 Å². The summed E-state index contributed by atoms with van der Waals surface area (Å²) in [4.78, 5) is 25.7. The molecule has 0 unspecified atom stereocenters. The molecule has 3 rings (SSSR count). The van der Waals surface area contributed by atoms with Gasteiger partial charge in [-0.05, 0) is 23.8 Å². The van der Waals surface area contributed by atoms with E-state index in [-0.39, 0.29) is 11.8 Å². The summed E-state index contributed by atoms with van der Waals surface area (Å²) in [5, 5.41) is 0. The van der Waals surface area contributed by atoms with Gasteiger partial charge in [-0.15, -0.1) is 0 Å². The van der Waals surface area contributed by atoms with E-state index in [1.807, 2.05) is 30.3 Å². The van der Waals surface area contributed by atoms with E-state index in [0.717, 1.165) is 20.9 Å². The number of carbonyl (C=O) groups is 2. The molecule has 0 fully saturated rings. The smallest absolute Gasteiger partial charge is 0.337 e. The Labute approximate surface area is 121 Å². The zero-order valence-electron chi connectivity index (χ0n) is 10.9. The predicted molar refractivity (Wildman–Crippen MR) is 76.4 cm³/mol. The molecule has 1 heterocycles. The van der Waals surface area contributed by atoms with Crippen molar-refractivity contribution in [1.82, 2.24) is 0 Å². The number of hydrogen-bond donors (Lipinski definition) is 0. The fourth-order valence-electron chi connectivity index (χ4n) is 2.21. The first-order valence-electron chi connectivity index (χ1n) is 6.20. The molecule has 2 aromatic rings. The van der Waals surface area contributed by atoms with Crippen molar-refractivity contribution in [3.63, 3.8) is 0 Å². The van der Waals surface area contributed by atoms with Crippen molar-refractivity contribution < 1.29 is 14.3 Å². The second-order valence-electron chi connectivity index (χ2n) is 4.51. The van der Waals surface area contributed by atoms with Crippen molar-refractivity contribution in [2.75, 3.05) is 7.11 Å². The van der Waals surface area contributed by atoms with Crippen molar-refractivity contribution in [3.05, 3.63) is 59.2 Å². The summed E-state index contributed by atoms with van der Waals surface area (Å²) < 4.78 is 4.73. The van der Waals surface area contributed by atoms with Crippen LogP contribution in [-0.2, 0) is 11.2 Å². The van der Waals surface area contributed by atoms with Crippen molar-refractivity contribution in [1.29, 1.82) is 0 Å². The SMILES string of the molecule is COC(=O)c1ccc2c(c1)Sc1ccccc1C(=O)C2. The van der Waals surface area contributed by atoms with Gasteiger partial charge in [-0.3, -0.25) is 4.79 Å². The van der Waals surface area contributed by atoms with Crippen molar-refractivity contribution in [2.24, 2.45) is 0 Å². The molecule has 0 amide bonds. The number of Topliss-reactive ketones (excluding diaryl/α,β-unsaturated/α-hetero) is 1. The van der Waals surface area contributed by atoms with Gasteiger partial charge >= 0.3 is 5.97 Å². The number of ketones is 1. The van der Waals surface area contributed by atoms with E-state index in [4.69, 9.17) is 4.74 Å². The van der Waals surface area contributed by atoms with Gasteiger partial charge < -0.3 is 4.74 Å². The van der Waals surface area contributed by atoms with Crippen LogP contribution in [-0.4, -0.2) is 18.9 Å². The molecule has 100 valence electrons. The molecular formula is C16H12O3S. The molecule has 0 radical (unpaired) electrons. The van der Waals surface area contributed by atoms with Gasteiger partial charge in [0.1, 0.15) is 0 Å². The molecular weight excluding hydrogens is 272 g/mol. The summed E-state index contributed by atoms with van der Waals surface area (Å²) in [5.74, 6) is -0.255. The normalized spacial score (nSPS) is 13.2. The number of benzene rings is 2. The first kappa shape index (κ1) is 12.9. The highest BCUT2D eigenvalue weighted by atomic mass is 32.2. The average Bonchev–Trinajstić information content (AvgIpc) is 2.62. The summed E-state index contributed by atoms with van der Waals surface area (Å²) >= 11 is 1.52. The number of esters is 1. The minimum Gasteiger partial charge on any atom is -0.465 e. The molecule has 0 aromatic heterocycles. The van der Waals surface area contributed by atoms with E-state index in [9.17, 15) is 9.59 Å². The first-order valence-corrected chi connectivity index (χ1v) is 7.02. The van der Waals surface area contributed by atoms with Gasteiger partial charge in [0.15, 0.2) is 5.78 Å². The molecule has 0 aliphatic carbocycles. The van der Waals surface area contributed by atoms with Crippen LogP contribution in [0.3, 0.4) is 0 Å². The third-order valence-corrected chi connectivity index (χ3v) is 4.42. The maximum absolute atomic E-state index is 12.2. The molecule has 0 atom stereocenters. The van der Waals surface area contributed by atoms with Crippen LogP contribution in [0.1, 0.15) is 26.3 Å². The lowest BCUT2D eigenvalue weighted by Crippen LogP contribution is -2.04. The van der Waals surface area contributed by atoms with Crippen LogP contribution in [0.15, 0.2) is 52.3 Å². The second-order valence-corrected chi connectivity index (χ2v) is 5.60. The number of ether oxygens (including phenoxy) is 1. The molecule has 0 saturated heterocycles.